The highest BCUT2D eigenvalue weighted by Crippen LogP contribution is 2.37. The summed E-state index contributed by atoms with van der Waals surface area (Å²) < 4.78 is 0. The van der Waals surface area contributed by atoms with Gasteiger partial charge in [0.2, 0.25) is 0 Å². The molecule has 0 saturated heterocycles. The third-order valence-corrected chi connectivity index (χ3v) is 4.29. The summed E-state index contributed by atoms with van der Waals surface area (Å²) >= 11 is 0. The van der Waals surface area contributed by atoms with Gasteiger partial charge in [-0.1, -0.05) is 24.3 Å². The molecule has 0 atom stereocenters. The molecule has 0 spiro atoms. The molecule has 0 N–H and O–H groups in total. The van der Waals surface area contributed by atoms with Gasteiger partial charge in [0.1, 0.15) is 0 Å². The second kappa shape index (κ2) is 5.92. The van der Waals surface area contributed by atoms with Crippen LogP contribution >= 0.6 is 0 Å². The molecule has 1 aliphatic heterocycles. The van der Waals surface area contributed by atoms with Crippen LogP contribution in [0.25, 0.3) is 11.6 Å². The Morgan fingerprint density at radius 3 is 2.52 bits per heavy atom. The lowest BCUT2D eigenvalue weighted by Gasteiger charge is -2.16. The van der Waals surface area contributed by atoms with E-state index in [0.717, 1.165) is 22.4 Å². The van der Waals surface area contributed by atoms with E-state index in [1.54, 1.807) is 0 Å². The second-order valence-electron chi connectivity index (χ2n) is 6.06. The van der Waals surface area contributed by atoms with Gasteiger partial charge < -0.3 is 9.80 Å². The first-order valence-corrected chi connectivity index (χ1v) is 7.94. The van der Waals surface area contributed by atoms with Crippen LogP contribution in [0.4, 0.5) is 11.4 Å². The fourth-order valence-corrected chi connectivity index (χ4v) is 3.20. The standard InChI is InChI=1S/C20H22N2O/c1-5-22-19-9-7-6-8-16(19)17(20(22)23)13-15-10-11-18(21(3)4)14(2)12-15/h6-13H,5H2,1-4H3/b17-13-. The Morgan fingerprint density at radius 1 is 1.13 bits per heavy atom. The summed E-state index contributed by atoms with van der Waals surface area (Å²) in [5, 5.41) is 0. The first-order chi connectivity index (χ1) is 11.0. The number of carbonyl (C=O) groups is 1. The van der Waals surface area contributed by atoms with Crippen LogP contribution in [-0.2, 0) is 4.79 Å². The fraction of sp³-hybridized carbons (Fsp3) is 0.250. The highest BCUT2D eigenvalue weighted by Gasteiger charge is 2.30. The van der Waals surface area contributed by atoms with Gasteiger partial charge in [-0.15, -0.1) is 0 Å². The molecule has 3 nitrogen and oxygen atoms in total. The van der Waals surface area contributed by atoms with Crippen LogP contribution in [0.15, 0.2) is 42.5 Å². The Bertz CT molecular complexity index is 790. The Morgan fingerprint density at radius 2 is 1.87 bits per heavy atom. The van der Waals surface area contributed by atoms with Crippen LogP contribution in [0.2, 0.25) is 0 Å². The molecule has 0 fully saturated rings. The first kappa shape index (κ1) is 15.3. The highest BCUT2D eigenvalue weighted by atomic mass is 16.2. The van der Waals surface area contributed by atoms with Crippen LogP contribution in [0.1, 0.15) is 23.6 Å². The summed E-state index contributed by atoms with van der Waals surface area (Å²) in [5.41, 5.74) is 6.26. The summed E-state index contributed by atoms with van der Waals surface area (Å²) in [6, 6.07) is 14.3. The van der Waals surface area contributed by atoms with Crippen molar-refractivity contribution < 1.29 is 4.79 Å². The average molecular weight is 306 g/mol. The average Bonchev–Trinajstić information content (AvgIpc) is 2.79. The zero-order valence-electron chi connectivity index (χ0n) is 14.1. The maximum Gasteiger partial charge on any atom is 0.258 e. The molecule has 0 saturated carbocycles. The maximum atomic E-state index is 12.7. The highest BCUT2D eigenvalue weighted by molar-refractivity contribution is 6.35. The molecule has 3 heteroatoms. The minimum absolute atomic E-state index is 0.0861. The van der Waals surface area contributed by atoms with Gasteiger partial charge in [-0.2, -0.15) is 0 Å². The van der Waals surface area contributed by atoms with E-state index in [9.17, 15) is 4.79 Å². The van der Waals surface area contributed by atoms with Crippen molar-refractivity contribution in [1.29, 1.82) is 0 Å². The maximum absolute atomic E-state index is 12.7. The second-order valence-corrected chi connectivity index (χ2v) is 6.06. The van der Waals surface area contributed by atoms with E-state index in [0.29, 0.717) is 6.54 Å². The molecule has 1 amide bonds. The number of likely N-dealkylation sites (N-methyl/N-ethyl adjacent to an activating group) is 1. The number of nitrogens with zero attached hydrogens (tertiary/aromatic N) is 2. The molecule has 23 heavy (non-hydrogen) atoms. The molecule has 0 aromatic heterocycles. The number of carbonyl (C=O) groups excluding carboxylic acids is 1. The monoisotopic (exact) mass is 306 g/mol. The largest absolute Gasteiger partial charge is 0.377 e. The molecular weight excluding hydrogens is 284 g/mol. The van der Waals surface area contributed by atoms with Crippen molar-refractivity contribution in [2.24, 2.45) is 0 Å². The van der Waals surface area contributed by atoms with Crippen molar-refractivity contribution in [3.05, 3.63) is 59.2 Å². The number of aryl methyl sites for hydroxylation is 1. The fourth-order valence-electron chi connectivity index (χ4n) is 3.20. The quantitative estimate of drug-likeness (QED) is 0.801. The number of amides is 1. The number of para-hydroxylation sites is 1. The molecule has 0 unspecified atom stereocenters. The zero-order valence-corrected chi connectivity index (χ0v) is 14.1. The Labute approximate surface area is 137 Å². The van der Waals surface area contributed by atoms with Crippen LogP contribution in [-0.4, -0.2) is 26.5 Å². The summed E-state index contributed by atoms with van der Waals surface area (Å²) in [4.78, 5) is 16.6. The van der Waals surface area contributed by atoms with Crippen molar-refractivity contribution in [2.75, 3.05) is 30.4 Å². The van der Waals surface area contributed by atoms with Gasteiger partial charge >= 0.3 is 0 Å². The number of hydrogen-bond acceptors (Lipinski definition) is 2. The van der Waals surface area contributed by atoms with Crippen molar-refractivity contribution >= 4 is 28.9 Å². The summed E-state index contributed by atoms with van der Waals surface area (Å²) in [6.07, 6.45) is 2.00. The van der Waals surface area contributed by atoms with E-state index < -0.39 is 0 Å². The van der Waals surface area contributed by atoms with E-state index in [-0.39, 0.29) is 5.91 Å². The molecule has 1 heterocycles. The van der Waals surface area contributed by atoms with E-state index in [1.165, 1.54) is 11.3 Å². The zero-order chi connectivity index (χ0) is 16.6. The molecule has 1 aliphatic rings. The minimum atomic E-state index is 0.0861. The Balaban J connectivity index is 2.06. The van der Waals surface area contributed by atoms with E-state index in [4.69, 9.17) is 0 Å². The van der Waals surface area contributed by atoms with Gasteiger partial charge in [0.15, 0.2) is 0 Å². The lowest BCUT2D eigenvalue weighted by Crippen LogP contribution is -2.25. The number of benzene rings is 2. The molecule has 118 valence electrons. The van der Waals surface area contributed by atoms with Gasteiger partial charge in [-0.05, 0) is 49.2 Å². The summed E-state index contributed by atoms with van der Waals surface area (Å²) in [5.74, 6) is 0.0861. The third-order valence-electron chi connectivity index (χ3n) is 4.29. The SMILES string of the molecule is CCN1C(=O)/C(=C\c2ccc(N(C)C)c(C)c2)c2ccccc21. The van der Waals surface area contributed by atoms with Crippen molar-refractivity contribution in [2.45, 2.75) is 13.8 Å². The topological polar surface area (TPSA) is 23.6 Å². The van der Waals surface area contributed by atoms with Crippen LogP contribution in [0.3, 0.4) is 0 Å². The third kappa shape index (κ3) is 2.63. The molecule has 2 aromatic rings. The lowest BCUT2D eigenvalue weighted by molar-refractivity contribution is -0.112. The number of rotatable bonds is 3. The Hall–Kier alpha value is -2.55. The number of fused-ring (bicyclic) bond motifs is 1. The van der Waals surface area contributed by atoms with Crippen molar-refractivity contribution in [1.82, 2.24) is 0 Å². The molecule has 3 rings (SSSR count). The predicted molar refractivity (Wildman–Crippen MR) is 97.8 cm³/mol. The van der Waals surface area contributed by atoms with Crippen LogP contribution in [0.5, 0.6) is 0 Å². The van der Waals surface area contributed by atoms with Gasteiger partial charge in [0.05, 0.1) is 5.69 Å². The minimum Gasteiger partial charge on any atom is -0.377 e. The summed E-state index contributed by atoms with van der Waals surface area (Å²) in [7, 11) is 4.08. The molecular formula is C20H22N2O. The van der Waals surface area contributed by atoms with Crippen molar-refractivity contribution in [3.8, 4) is 0 Å². The van der Waals surface area contributed by atoms with E-state index >= 15 is 0 Å². The predicted octanol–water partition coefficient (Wildman–Crippen LogP) is 3.97. The summed E-state index contributed by atoms with van der Waals surface area (Å²) in [6.45, 7) is 4.79. The van der Waals surface area contributed by atoms with E-state index in [1.807, 2.05) is 56.3 Å². The molecule has 0 bridgehead atoms. The van der Waals surface area contributed by atoms with Gasteiger partial charge in [-0.3, -0.25) is 4.79 Å². The smallest absolute Gasteiger partial charge is 0.258 e. The van der Waals surface area contributed by atoms with Crippen LogP contribution < -0.4 is 9.80 Å². The van der Waals surface area contributed by atoms with Crippen molar-refractivity contribution in [3.63, 3.8) is 0 Å². The van der Waals surface area contributed by atoms with Gasteiger partial charge in [0, 0.05) is 37.5 Å². The first-order valence-electron chi connectivity index (χ1n) is 7.94. The van der Waals surface area contributed by atoms with Crippen LogP contribution in [0, 0.1) is 6.92 Å². The molecule has 2 aromatic carbocycles. The Kier molecular flexibility index (Phi) is 3.95. The lowest BCUT2D eigenvalue weighted by atomic mass is 10.0. The number of hydrogen-bond donors (Lipinski definition) is 0. The van der Waals surface area contributed by atoms with Gasteiger partial charge in [0.25, 0.3) is 5.91 Å². The van der Waals surface area contributed by atoms with Gasteiger partial charge in [-0.25, -0.2) is 0 Å². The normalized spacial score (nSPS) is 15.2. The molecule has 0 aliphatic carbocycles. The van der Waals surface area contributed by atoms with E-state index in [2.05, 4.69) is 30.0 Å². The molecule has 0 radical (unpaired) electrons. The number of anilines is 2.